The summed E-state index contributed by atoms with van der Waals surface area (Å²) in [4.78, 5) is 102. The molecule has 6 atom stereocenters. The van der Waals surface area contributed by atoms with Crippen molar-refractivity contribution in [1.29, 1.82) is 0 Å². The number of phenolic OH excluding ortho intramolecular Hbond substituents is 1. The number of benzene rings is 2. The monoisotopic (exact) mass is 768 g/mol. The van der Waals surface area contributed by atoms with E-state index >= 15 is 0 Å². The molecule has 0 aliphatic carbocycles. The van der Waals surface area contributed by atoms with Crippen molar-refractivity contribution in [2.24, 2.45) is 23.3 Å². The standard InChI is InChI=1S/C37H52N8O10/c1-19(2)30(36(54)43-27(17-29(48)49)34(52)40-18-28(39)47)45-37(55)31(20(3)4)44-35(53)26(16-22-9-7-6-8-10-22)42-32(50)21(5)41-33(51)25(38)15-23-11-13-24(46)14-12-23/h6-14,19-21,25-27,30-31,46H,15-18,38H2,1-5H3,(H2,39,47)(H,40,52)(H,41,51)(H,42,50)(H,43,54)(H,44,53)(H,45,55)(H,48,49)/t21-,25-,26-,27-,30-,31-/m0/s1. The van der Waals surface area contributed by atoms with Gasteiger partial charge in [0.25, 0.3) is 0 Å². The zero-order valence-electron chi connectivity index (χ0n) is 31.5. The van der Waals surface area contributed by atoms with Gasteiger partial charge in [-0.05, 0) is 48.4 Å². The van der Waals surface area contributed by atoms with E-state index in [2.05, 4.69) is 31.9 Å². The molecule has 0 aromatic heterocycles. The number of amides is 7. The zero-order valence-corrected chi connectivity index (χ0v) is 31.5. The number of hydrogen-bond acceptors (Lipinski definition) is 10. The van der Waals surface area contributed by atoms with E-state index < -0.39 is 108 Å². The highest BCUT2D eigenvalue weighted by molar-refractivity contribution is 5.97. The van der Waals surface area contributed by atoms with Crippen LogP contribution in [0.4, 0.5) is 0 Å². The van der Waals surface area contributed by atoms with E-state index in [1.807, 2.05) is 0 Å². The predicted octanol–water partition coefficient (Wildman–Crippen LogP) is -1.66. The van der Waals surface area contributed by atoms with Crippen LogP contribution in [0.3, 0.4) is 0 Å². The SMILES string of the molecule is CC(C)[C@H](NC(=O)[C@H](Cc1ccccc1)NC(=O)[C@H](C)NC(=O)[C@@H](N)Cc1ccc(O)cc1)C(=O)N[C@H](C(=O)N[C@@H](CC(=O)O)C(=O)NCC(N)=O)C(C)C. The molecular formula is C37H52N8O10. The molecule has 0 bridgehead atoms. The number of carbonyl (C=O) groups excluding carboxylic acids is 7. The second-order valence-electron chi connectivity index (χ2n) is 13.8. The summed E-state index contributed by atoms with van der Waals surface area (Å²) in [7, 11) is 0. The molecule has 0 aliphatic rings. The van der Waals surface area contributed by atoms with Gasteiger partial charge >= 0.3 is 5.97 Å². The molecule has 18 nitrogen and oxygen atoms in total. The lowest BCUT2D eigenvalue weighted by Gasteiger charge is -2.29. The second-order valence-corrected chi connectivity index (χ2v) is 13.8. The van der Waals surface area contributed by atoms with Crippen molar-refractivity contribution in [2.75, 3.05) is 6.54 Å². The van der Waals surface area contributed by atoms with E-state index in [4.69, 9.17) is 11.5 Å². The van der Waals surface area contributed by atoms with Gasteiger partial charge in [0.05, 0.1) is 19.0 Å². The second kappa shape index (κ2) is 21.6. The molecule has 0 spiro atoms. The minimum Gasteiger partial charge on any atom is -0.508 e. The highest BCUT2D eigenvalue weighted by Gasteiger charge is 2.35. The van der Waals surface area contributed by atoms with E-state index in [1.54, 1.807) is 70.2 Å². The Hall–Kier alpha value is -6.04. The summed E-state index contributed by atoms with van der Waals surface area (Å²) in [6, 6.07) is 7.38. The fraction of sp³-hybridized carbons (Fsp3) is 0.459. The molecule has 300 valence electrons. The molecule has 0 heterocycles. The number of carboxylic acids is 1. The Labute approximate surface area is 318 Å². The van der Waals surface area contributed by atoms with Gasteiger partial charge in [-0.2, -0.15) is 0 Å². The number of aromatic hydroxyl groups is 1. The summed E-state index contributed by atoms with van der Waals surface area (Å²) in [5, 5.41) is 33.6. The van der Waals surface area contributed by atoms with Crippen molar-refractivity contribution in [3.8, 4) is 5.75 Å². The van der Waals surface area contributed by atoms with Crippen molar-refractivity contribution in [3.63, 3.8) is 0 Å². The number of phenols is 1. The first-order chi connectivity index (χ1) is 25.8. The van der Waals surface area contributed by atoms with Gasteiger partial charge in [0, 0.05) is 6.42 Å². The van der Waals surface area contributed by atoms with Crippen molar-refractivity contribution in [1.82, 2.24) is 31.9 Å². The van der Waals surface area contributed by atoms with Gasteiger partial charge in [0.1, 0.15) is 36.0 Å². The summed E-state index contributed by atoms with van der Waals surface area (Å²) < 4.78 is 0. The van der Waals surface area contributed by atoms with Crippen molar-refractivity contribution < 1.29 is 48.6 Å². The van der Waals surface area contributed by atoms with Gasteiger partial charge in [-0.25, -0.2) is 0 Å². The average molecular weight is 769 g/mol. The summed E-state index contributed by atoms with van der Waals surface area (Å²) in [5.74, 6) is -8.11. The maximum atomic E-state index is 13.8. The first-order valence-electron chi connectivity index (χ1n) is 17.7. The van der Waals surface area contributed by atoms with Crippen LogP contribution >= 0.6 is 0 Å². The molecule has 0 unspecified atom stereocenters. The molecule has 2 aromatic carbocycles. The molecule has 18 heteroatoms. The molecule has 0 saturated carbocycles. The molecule has 7 amide bonds. The van der Waals surface area contributed by atoms with E-state index in [-0.39, 0.29) is 18.6 Å². The lowest BCUT2D eigenvalue weighted by atomic mass is 9.98. The number of nitrogens with one attached hydrogen (secondary N) is 6. The lowest BCUT2D eigenvalue weighted by Crippen LogP contribution is -2.61. The smallest absolute Gasteiger partial charge is 0.305 e. The zero-order chi connectivity index (χ0) is 41.4. The summed E-state index contributed by atoms with van der Waals surface area (Å²) in [6.45, 7) is 7.30. The number of nitrogens with two attached hydrogens (primary N) is 2. The third-order valence-corrected chi connectivity index (χ3v) is 8.34. The highest BCUT2D eigenvalue weighted by Crippen LogP contribution is 2.12. The number of carboxylic acid groups (broad SMARTS) is 1. The summed E-state index contributed by atoms with van der Waals surface area (Å²) in [5.41, 5.74) is 12.5. The van der Waals surface area contributed by atoms with Gasteiger partial charge in [-0.15, -0.1) is 0 Å². The van der Waals surface area contributed by atoms with E-state index in [9.17, 15) is 48.6 Å². The van der Waals surface area contributed by atoms with E-state index in [1.165, 1.54) is 19.1 Å². The summed E-state index contributed by atoms with van der Waals surface area (Å²) >= 11 is 0. The minimum absolute atomic E-state index is 0.00564. The number of hydrogen-bond donors (Lipinski definition) is 10. The molecule has 0 aliphatic heterocycles. The van der Waals surface area contributed by atoms with Crippen molar-refractivity contribution in [2.45, 2.75) is 90.1 Å². The van der Waals surface area contributed by atoms with Gasteiger partial charge in [0.15, 0.2) is 0 Å². The summed E-state index contributed by atoms with van der Waals surface area (Å²) in [6.07, 6.45) is -0.693. The van der Waals surface area contributed by atoms with Gasteiger partial charge < -0.3 is 53.6 Å². The minimum atomic E-state index is -1.60. The molecule has 0 fully saturated rings. The third kappa shape index (κ3) is 15.5. The van der Waals surface area contributed by atoms with Crippen LogP contribution in [0.1, 0.15) is 52.2 Å². The number of aliphatic carboxylic acids is 1. The van der Waals surface area contributed by atoms with Crippen LogP contribution in [0.2, 0.25) is 0 Å². The highest BCUT2D eigenvalue weighted by atomic mass is 16.4. The molecular weight excluding hydrogens is 716 g/mol. The van der Waals surface area contributed by atoms with Gasteiger partial charge in [-0.3, -0.25) is 38.4 Å². The Morgan fingerprint density at radius 1 is 0.600 bits per heavy atom. The number of rotatable bonds is 21. The molecule has 0 saturated heterocycles. The topological polar surface area (TPSA) is 301 Å². The normalized spacial score (nSPS) is 14.3. The van der Waals surface area contributed by atoms with Crippen molar-refractivity contribution >= 4 is 47.3 Å². The third-order valence-electron chi connectivity index (χ3n) is 8.34. The molecule has 0 radical (unpaired) electrons. The van der Waals surface area contributed by atoms with Gasteiger partial charge in [0.2, 0.25) is 41.4 Å². The average Bonchev–Trinajstić information content (AvgIpc) is 3.11. The first-order valence-corrected chi connectivity index (χ1v) is 17.7. The fourth-order valence-corrected chi connectivity index (χ4v) is 5.23. The van der Waals surface area contributed by atoms with Gasteiger partial charge in [-0.1, -0.05) is 70.2 Å². The number of primary amides is 1. The van der Waals surface area contributed by atoms with Crippen LogP contribution in [0, 0.1) is 11.8 Å². The first kappa shape index (κ1) is 45.1. The Morgan fingerprint density at radius 3 is 1.64 bits per heavy atom. The molecule has 2 aromatic rings. The maximum absolute atomic E-state index is 13.8. The maximum Gasteiger partial charge on any atom is 0.305 e. The Bertz CT molecular complexity index is 1670. The van der Waals surface area contributed by atoms with Crippen LogP contribution < -0.4 is 43.4 Å². The van der Waals surface area contributed by atoms with E-state index in [0.29, 0.717) is 11.1 Å². The fourth-order valence-electron chi connectivity index (χ4n) is 5.23. The van der Waals surface area contributed by atoms with Crippen molar-refractivity contribution in [3.05, 3.63) is 65.7 Å². The Balaban J connectivity index is 2.21. The molecule has 12 N–H and O–H groups in total. The lowest BCUT2D eigenvalue weighted by molar-refractivity contribution is -0.141. The Kier molecular flexibility index (Phi) is 17.7. The quantitative estimate of drug-likeness (QED) is 0.0685. The number of carbonyl (C=O) groups is 8. The molecule has 55 heavy (non-hydrogen) atoms. The van der Waals surface area contributed by atoms with E-state index in [0.717, 1.165) is 0 Å². The largest absolute Gasteiger partial charge is 0.508 e. The Morgan fingerprint density at radius 2 is 1.11 bits per heavy atom. The van der Waals surface area contributed by atoms with Crippen LogP contribution in [0.15, 0.2) is 54.6 Å². The predicted molar refractivity (Wildman–Crippen MR) is 199 cm³/mol. The van der Waals surface area contributed by atoms with Crippen LogP contribution in [-0.2, 0) is 51.2 Å². The van der Waals surface area contributed by atoms with Crippen LogP contribution in [0.25, 0.3) is 0 Å². The molecule has 2 rings (SSSR count). The van der Waals surface area contributed by atoms with Crippen LogP contribution in [0.5, 0.6) is 5.75 Å². The van der Waals surface area contributed by atoms with Crippen LogP contribution in [-0.4, -0.2) is 100 Å².